The summed E-state index contributed by atoms with van der Waals surface area (Å²) in [5.41, 5.74) is 4.13. The van der Waals surface area contributed by atoms with E-state index in [-0.39, 0.29) is 0 Å². The molecule has 4 aromatic rings. The number of benzene rings is 2. The summed E-state index contributed by atoms with van der Waals surface area (Å²) in [4.78, 5) is 3.41. The van der Waals surface area contributed by atoms with Crippen LogP contribution in [-0.2, 0) is 0 Å². The fourth-order valence-corrected chi connectivity index (χ4v) is 4.09. The Morgan fingerprint density at radius 3 is 2.57 bits per heavy atom. The van der Waals surface area contributed by atoms with Crippen LogP contribution in [0.5, 0.6) is 0 Å². The van der Waals surface area contributed by atoms with E-state index in [1.54, 1.807) is 11.3 Å². The Kier molecular flexibility index (Phi) is 3.24. The summed E-state index contributed by atoms with van der Waals surface area (Å²) in [5.74, 6) is 0. The molecule has 0 aliphatic heterocycles. The molecule has 104 valence electrons. The number of halogens is 1. The van der Waals surface area contributed by atoms with Crippen molar-refractivity contribution < 1.29 is 5.11 Å². The summed E-state index contributed by atoms with van der Waals surface area (Å²) < 4.78 is 1.19. The number of aromatic nitrogens is 1. The van der Waals surface area contributed by atoms with E-state index in [4.69, 9.17) is 0 Å². The molecule has 2 N–H and O–H groups in total. The van der Waals surface area contributed by atoms with E-state index in [0.29, 0.717) is 0 Å². The average molecular weight is 405 g/mol. The van der Waals surface area contributed by atoms with Gasteiger partial charge in [-0.25, -0.2) is 0 Å². The second-order valence-corrected chi connectivity index (χ2v) is 7.87. The minimum Gasteiger partial charge on any atom is -0.384 e. The second kappa shape index (κ2) is 5.12. The van der Waals surface area contributed by atoms with Gasteiger partial charge in [-0.3, -0.25) is 0 Å². The van der Waals surface area contributed by atoms with Gasteiger partial charge < -0.3 is 10.1 Å². The number of fused-ring (bicyclic) bond motifs is 3. The fraction of sp³-hybridized carbons (Fsp3) is 0.0588. The van der Waals surface area contributed by atoms with Gasteiger partial charge in [-0.05, 0) is 63.4 Å². The summed E-state index contributed by atoms with van der Waals surface area (Å²) in [6.45, 7) is 0. The first-order valence-electron chi connectivity index (χ1n) is 6.65. The Hall–Kier alpha value is -1.37. The zero-order chi connectivity index (χ0) is 14.4. The zero-order valence-corrected chi connectivity index (χ0v) is 14.0. The van der Waals surface area contributed by atoms with E-state index in [0.717, 1.165) is 27.5 Å². The van der Waals surface area contributed by atoms with Crippen LogP contribution in [-0.4, -0.2) is 10.1 Å². The van der Waals surface area contributed by atoms with Gasteiger partial charge in [0.25, 0.3) is 0 Å². The third kappa shape index (κ3) is 2.27. The van der Waals surface area contributed by atoms with E-state index in [9.17, 15) is 5.11 Å². The molecule has 21 heavy (non-hydrogen) atoms. The van der Waals surface area contributed by atoms with E-state index in [2.05, 4.69) is 45.8 Å². The van der Waals surface area contributed by atoms with Crippen LogP contribution in [0.2, 0.25) is 0 Å². The number of aromatic amines is 1. The van der Waals surface area contributed by atoms with Crippen LogP contribution in [0.1, 0.15) is 17.2 Å². The van der Waals surface area contributed by atoms with Gasteiger partial charge >= 0.3 is 0 Å². The monoisotopic (exact) mass is 405 g/mol. The minimum absolute atomic E-state index is 0.567. The highest BCUT2D eigenvalue weighted by molar-refractivity contribution is 14.1. The summed E-state index contributed by atoms with van der Waals surface area (Å²) in [7, 11) is 0. The molecule has 4 rings (SSSR count). The van der Waals surface area contributed by atoms with E-state index >= 15 is 0 Å². The summed E-state index contributed by atoms with van der Waals surface area (Å²) in [6, 6.07) is 16.4. The Morgan fingerprint density at radius 2 is 1.76 bits per heavy atom. The molecule has 1 atom stereocenters. The first-order chi connectivity index (χ1) is 10.2. The highest BCUT2D eigenvalue weighted by Crippen LogP contribution is 2.31. The summed E-state index contributed by atoms with van der Waals surface area (Å²) in [6.07, 6.45) is -0.567. The molecule has 2 nitrogen and oxygen atoms in total. The van der Waals surface area contributed by atoms with Crippen molar-refractivity contribution >= 4 is 55.7 Å². The minimum atomic E-state index is -0.567. The predicted octanol–water partition coefficient (Wildman–Crippen LogP) is 5.07. The van der Waals surface area contributed by atoms with Crippen LogP contribution >= 0.6 is 33.9 Å². The molecule has 0 radical (unpaired) electrons. The van der Waals surface area contributed by atoms with Crippen molar-refractivity contribution in [1.82, 2.24) is 4.98 Å². The number of para-hydroxylation sites is 1. The number of hydrogen-bond acceptors (Lipinski definition) is 2. The fourth-order valence-electron chi connectivity index (χ4n) is 2.70. The Balaban J connectivity index is 1.88. The van der Waals surface area contributed by atoms with Gasteiger partial charge in [-0.2, -0.15) is 0 Å². The third-order valence-electron chi connectivity index (χ3n) is 3.75. The second-order valence-electron chi connectivity index (χ2n) is 5.06. The molecular weight excluding hydrogens is 393 g/mol. The molecule has 2 heterocycles. The first kappa shape index (κ1) is 13.3. The molecule has 4 heteroatoms. The lowest BCUT2D eigenvalue weighted by molar-refractivity contribution is 0.221. The summed E-state index contributed by atoms with van der Waals surface area (Å²) in [5, 5.41) is 14.9. The number of thiophene rings is 1. The van der Waals surface area contributed by atoms with E-state index in [1.165, 1.54) is 8.27 Å². The topological polar surface area (TPSA) is 36.0 Å². The largest absolute Gasteiger partial charge is 0.384 e. The van der Waals surface area contributed by atoms with Gasteiger partial charge in [0.05, 0.1) is 2.88 Å². The highest BCUT2D eigenvalue weighted by atomic mass is 127. The number of H-pyrrole nitrogens is 1. The Labute approximate surface area is 139 Å². The SMILES string of the molecule is OC(c1csc(I)c1)c1ccc2[nH]c3ccccc3c2c1. The van der Waals surface area contributed by atoms with Crippen molar-refractivity contribution in [2.45, 2.75) is 6.10 Å². The van der Waals surface area contributed by atoms with Crippen molar-refractivity contribution in [3.8, 4) is 0 Å². The molecule has 0 bridgehead atoms. The van der Waals surface area contributed by atoms with Crippen molar-refractivity contribution in [3.63, 3.8) is 0 Å². The van der Waals surface area contributed by atoms with Crippen LogP contribution < -0.4 is 0 Å². The van der Waals surface area contributed by atoms with Crippen LogP contribution in [0.4, 0.5) is 0 Å². The molecule has 0 saturated carbocycles. The molecule has 0 aliphatic carbocycles. The number of aliphatic hydroxyl groups excluding tert-OH is 1. The van der Waals surface area contributed by atoms with Crippen molar-refractivity contribution in [1.29, 1.82) is 0 Å². The number of rotatable bonds is 2. The number of nitrogens with one attached hydrogen (secondary N) is 1. The molecule has 0 aliphatic rings. The summed E-state index contributed by atoms with van der Waals surface area (Å²) >= 11 is 3.94. The predicted molar refractivity (Wildman–Crippen MR) is 96.9 cm³/mol. The van der Waals surface area contributed by atoms with E-state index in [1.807, 2.05) is 35.7 Å². The molecule has 0 saturated heterocycles. The molecule has 0 spiro atoms. The molecule has 1 unspecified atom stereocenters. The maximum Gasteiger partial charge on any atom is 0.105 e. The van der Waals surface area contributed by atoms with Gasteiger partial charge in [0.15, 0.2) is 0 Å². The van der Waals surface area contributed by atoms with Crippen molar-refractivity contribution in [3.05, 3.63) is 67.9 Å². The first-order valence-corrected chi connectivity index (χ1v) is 8.60. The van der Waals surface area contributed by atoms with Gasteiger partial charge in [-0.1, -0.05) is 24.3 Å². The average Bonchev–Trinajstić information content (AvgIpc) is 3.09. The quantitative estimate of drug-likeness (QED) is 0.449. The number of aliphatic hydroxyl groups is 1. The van der Waals surface area contributed by atoms with E-state index < -0.39 is 6.10 Å². The standard InChI is InChI=1S/C17H12INOS/c18-16-8-11(9-21-16)17(20)10-5-6-15-13(7-10)12-3-1-2-4-14(12)19-15/h1-9,17,19-20H. The lowest BCUT2D eigenvalue weighted by atomic mass is 10.0. The van der Waals surface area contributed by atoms with Crippen LogP contribution in [0.15, 0.2) is 53.9 Å². The van der Waals surface area contributed by atoms with Crippen LogP contribution in [0.25, 0.3) is 21.8 Å². The highest BCUT2D eigenvalue weighted by Gasteiger charge is 2.14. The van der Waals surface area contributed by atoms with Crippen molar-refractivity contribution in [2.75, 3.05) is 0 Å². The molecule has 2 aromatic carbocycles. The number of hydrogen-bond donors (Lipinski definition) is 2. The smallest absolute Gasteiger partial charge is 0.105 e. The Bertz CT molecular complexity index is 940. The van der Waals surface area contributed by atoms with Gasteiger partial charge in [0.1, 0.15) is 6.10 Å². The van der Waals surface area contributed by atoms with Gasteiger partial charge in [0.2, 0.25) is 0 Å². The van der Waals surface area contributed by atoms with Crippen LogP contribution in [0, 0.1) is 2.88 Å². The maximum absolute atomic E-state index is 10.6. The molecule has 0 fully saturated rings. The van der Waals surface area contributed by atoms with Crippen molar-refractivity contribution in [2.24, 2.45) is 0 Å². The normalized spacial score (nSPS) is 13.0. The zero-order valence-electron chi connectivity index (χ0n) is 11.0. The van der Waals surface area contributed by atoms with Gasteiger partial charge in [0, 0.05) is 21.8 Å². The third-order valence-corrected chi connectivity index (χ3v) is 5.56. The molecule has 2 aromatic heterocycles. The molecular formula is C17H12INOS. The maximum atomic E-state index is 10.6. The Morgan fingerprint density at radius 1 is 0.952 bits per heavy atom. The lowest BCUT2D eigenvalue weighted by Crippen LogP contribution is -1.97. The van der Waals surface area contributed by atoms with Gasteiger partial charge in [-0.15, -0.1) is 11.3 Å². The van der Waals surface area contributed by atoms with Crippen LogP contribution in [0.3, 0.4) is 0 Å². The lowest BCUT2D eigenvalue weighted by Gasteiger charge is -2.09. The molecule has 0 amide bonds.